The number of hydrogen-bond donors (Lipinski definition) is 5. The SMILES string of the molecule is O=C(CO)C(O)C(O)C(O)CO.O=P([O-])([O-])OP(=O)([O-])[O-].[Sr+2].[Sr+2]. The molecule has 0 fully saturated rings. The van der Waals surface area contributed by atoms with Crippen molar-refractivity contribution in [3.05, 3.63) is 0 Å². The van der Waals surface area contributed by atoms with E-state index in [2.05, 4.69) is 4.31 Å². The molecule has 0 amide bonds. The molecule has 0 aliphatic heterocycles. The van der Waals surface area contributed by atoms with Crippen LogP contribution in [-0.4, -0.2) is 154 Å². The third-order valence-electron chi connectivity index (χ3n) is 1.59. The molecule has 0 aromatic heterocycles. The molecule has 0 bridgehead atoms. The number of carbonyl (C=O) groups is 1. The molecule has 23 heavy (non-hydrogen) atoms. The Morgan fingerprint density at radius 1 is 0.957 bits per heavy atom. The fourth-order valence-electron chi connectivity index (χ4n) is 0.725. The number of Topliss-reactive ketones (excluding diaryl/α,β-unsaturated/α-hetero) is 1. The van der Waals surface area contributed by atoms with Crippen LogP contribution < -0.4 is 19.6 Å². The summed E-state index contributed by atoms with van der Waals surface area (Å²) in [4.78, 5) is 47.8. The fourth-order valence-corrected chi connectivity index (χ4v) is 1.70. The molecule has 0 saturated carbocycles. The number of ketones is 1. The van der Waals surface area contributed by atoms with Crippen LogP contribution >= 0.6 is 15.6 Å². The van der Waals surface area contributed by atoms with Crippen molar-refractivity contribution in [2.24, 2.45) is 0 Å². The third-order valence-corrected chi connectivity index (χ3v) is 3.19. The number of aliphatic hydroxyl groups is 5. The predicted octanol–water partition coefficient (Wildman–Crippen LogP) is -7.48. The third kappa shape index (κ3) is 20.9. The van der Waals surface area contributed by atoms with Crippen LogP contribution in [-0.2, 0) is 18.2 Å². The molecule has 0 aliphatic rings. The second-order valence-electron chi connectivity index (χ2n) is 3.29. The number of hydrogen-bond acceptors (Lipinski definition) is 13. The molecular weight excluding hydrogens is 517 g/mol. The summed E-state index contributed by atoms with van der Waals surface area (Å²) in [6.07, 6.45) is -5.22. The summed E-state index contributed by atoms with van der Waals surface area (Å²) in [5, 5.41) is 43.1. The Kier molecular flexibility index (Phi) is 22.8. The largest absolute Gasteiger partial charge is 2.00 e. The van der Waals surface area contributed by atoms with Gasteiger partial charge in [-0.15, -0.1) is 0 Å². The van der Waals surface area contributed by atoms with E-state index in [1.54, 1.807) is 0 Å². The van der Waals surface area contributed by atoms with Gasteiger partial charge < -0.3 is 58.5 Å². The number of aliphatic hydroxyl groups excluding tert-OH is 5. The summed E-state index contributed by atoms with van der Waals surface area (Å²) < 4.78 is 21.2. The first-order chi connectivity index (χ1) is 9.25. The van der Waals surface area contributed by atoms with Gasteiger partial charge in [-0.2, -0.15) is 0 Å². The van der Waals surface area contributed by atoms with Crippen molar-refractivity contribution in [2.45, 2.75) is 18.3 Å². The molecule has 0 rings (SSSR count). The van der Waals surface area contributed by atoms with Gasteiger partial charge in [0.25, 0.3) is 0 Å². The number of phosphoric acid groups is 2. The molecule has 5 N–H and O–H groups in total. The quantitative estimate of drug-likeness (QED) is 0.152. The maximum atomic E-state index is 10.5. The molecule has 128 valence electrons. The Bertz CT molecular complexity index is 387. The minimum atomic E-state index is -5.68. The van der Waals surface area contributed by atoms with E-state index in [9.17, 15) is 33.5 Å². The zero-order valence-electron chi connectivity index (χ0n) is 11.5. The molecule has 17 heteroatoms. The van der Waals surface area contributed by atoms with Crippen LogP contribution in [0.15, 0.2) is 0 Å². The van der Waals surface area contributed by atoms with Gasteiger partial charge in [0.2, 0.25) is 0 Å². The van der Waals surface area contributed by atoms with Crippen LogP contribution in [0.1, 0.15) is 0 Å². The van der Waals surface area contributed by atoms with Gasteiger partial charge in [-0.1, -0.05) is 0 Å². The monoisotopic (exact) mass is 530 g/mol. The number of carbonyl (C=O) groups excluding carboxylic acids is 1. The molecule has 0 heterocycles. The summed E-state index contributed by atoms with van der Waals surface area (Å²) in [6, 6.07) is 0. The van der Waals surface area contributed by atoms with E-state index < -0.39 is 53.0 Å². The molecule has 0 saturated heterocycles. The van der Waals surface area contributed by atoms with Crippen molar-refractivity contribution in [1.82, 2.24) is 0 Å². The molecule has 3 unspecified atom stereocenters. The first kappa shape index (κ1) is 33.3. The Hall–Kier alpha value is 2.69. The topological polar surface area (TPSA) is 254 Å². The molecule has 0 aromatic rings. The van der Waals surface area contributed by atoms with E-state index in [0.29, 0.717) is 0 Å². The zero-order valence-corrected chi connectivity index (χ0v) is 20.2. The predicted molar refractivity (Wildman–Crippen MR) is 65.0 cm³/mol. The van der Waals surface area contributed by atoms with E-state index >= 15 is 0 Å². The standard InChI is InChI=1S/C6H12O6.H4O7P2.2Sr/c7-1-3(9)5(11)6(12)4(10)2-8;1-8(2,3)7-9(4,5)6;;/h3,5-9,11-12H,1-2H2;(H2,1,2,3)(H2,4,5,6);;/q;;2*+2/p-4. The summed E-state index contributed by atoms with van der Waals surface area (Å²) in [7, 11) is -11.4. The molecule has 0 spiro atoms. The maximum Gasteiger partial charge on any atom is 2.00 e. The number of rotatable bonds is 7. The van der Waals surface area contributed by atoms with Gasteiger partial charge in [0.05, 0.1) is 22.3 Å². The van der Waals surface area contributed by atoms with Crippen LogP contribution in [0.2, 0.25) is 0 Å². The van der Waals surface area contributed by atoms with Gasteiger partial charge >= 0.3 is 91.0 Å². The molecule has 0 aliphatic carbocycles. The zero-order chi connectivity index (χ0) is 17.4. The summed E-state index contributed by atoms with van der Waals surface area (Å²) in [5.41, 5.74) is 0. The average molecular weight is 529 g/mol. The molecular formula is C6H12O13P2Sr2. The van der Waals surface area contributed by atoms with Crippen LogP contribution in [0.5, 0.6) is 0 Å². The molecule has 0 radical (unpaired) electrons. The van der Waals surface area contributed by atoms with Crippen molar-refractivity contribution in [1.29, 1.82) is 0 Å². The van der Waals surface area contributed by atoms with E-state index in [1.165, 1.54) is 0 Å². The van der Waals surface area contributed by atoms with Crippen molar-refractivity contribution in [3.63, 3.8) is 0 Å². The Morgan fingerprint density at radius 3 is 1.48 bits per heavy atom. The van der Waals surface area contributed by atoms with Crippen LogP contribution in [0, 0.1) is 0 Å². The summed E-state index contributed by atoms with van der Waals surface area (Å²) in [5.74, 6) is -1.00. The van der Waals surface area contributed by atoms with Gasteiger partial charge in [-0.3, -0.25) is 4.79 Å². The van der Waals surface area contributed by atoms with Crippen molar-refractivity contribution in [3.8, 4) is 0 Å². The fraction of sp³-hybridized carbons (Fsp3) is 0.833. The molecule has 3 atom stereocenters. The normalized spacial score (nSPS) is 15.0. The van der Waals surface area contributed by atoms with Crippen LogP contribution in [0.3, 0.4) is 0 Å². The minimum absolute atomic E-state index is 0. The Balaban J connectivity index is -0.000000149. The summed E-state index contributed by atoms with van der Waals surface area (Å²) >= 11 is 0. The van der Waals surface area contributed by atoms with E-state index in [0.717, 1.165) is 0 Å². The van der Waals surface area contributed by atoms with Gasteiger partial charge in [0, 0.05) is 0 Å². The van der Waals surface area contributed by atoms with E-state index in [-0.39, 0.29) is 91.0 Å². The van der Waals surface area contributed by atoms with Crippen LogP contribution in [0.4, 0.5) is 0 Å². The first-order valence-electron chi connectivity index (χ1n) is 4.79. The maximum absolute atomic E-state index is 10.5. The van der Waals surface area contributed by atoms with E-state index in [1.807, 2.05) is 0 Å². The second-order valence-corrected chi connectivity index (χ2v) is 5.73. The van der Waals surface area contributed by atoms with Crippen molar-refractivity contribution in [2.75, 3.05) is 13.2 Å². The van der Waals surface area contributed by atoms with Gasteiger partial charge in [-0.05, 0) is 0 Å². The molecule has 0 aromatic carbocycles. The smallest absolute Gasteiger partial charge is 0.790 e. The average Bonchev–Trinajstić information content (AvgIpc) is 2.31. The van der Waals surface area contributed by atoms with Crippen molar-refractivity contribution >= 4 is 112 Å². The molecule has 13 nitrogen and oxygen atoms in total. The Labute approximate surface area is 204 Å². The van der Waals surface area contributed by atoms with Gasteiger partial charge in [0.1, 0.15) is 24.9 Å². The van der Waals surface area contributed by atoms with Gasteiger partial charge in [0.15, 0.2) is 5.78 Å². The summed E-state index contributed by atoms with van der Waals surface area (Å²) in [6.45, 7) is -1.69. The minimum Gasteiger partial charge on any atom is -0.790 e. The van der Waals surface area contributed by atoms with Crippen molar-refractivity contribution < 1.29 is 63.3 Å². The van der Waals surface area contributed by atoms with E-state index in [4.69, 9.17) is 25.5 Å². The first-order valence-corrected chi connectivity index (χ1v) is 7.71. The Morgan fingerprint density at radius 2 is 1.30 bits per heavy atom. The second kappa shape index (κ2) is 15.7. The van der Waals surface area contributed by atoms with Gasteiger partial charge in [-0.25, -0.2) is 0 Å². The van der Waals surface area contributed by atoms with Crippen LogP contribution in [0.25, 0.3) is 0 Å².